The third-order valence-corrected chi connectivity index (χ3v) is 3.89. The molecule has 0 fully saturated rings. The maximum Gasteiger partial charge on any atom is 0.226 e. The molecule has 0 aliphatic carbocycles. The molecule has 0 saturated heterocycles. The Morgan fingerprint density at radius 3 is 2.81 bits per heavy atom. The van der Waals surface area contributed by atoms with E-state index in [1.54, 1.807) is 0 Å². The topological polar surface area (TPSA) is 63.4 Å². The third-order valence-electron chi connectivity index (χ3n) is 3.89. The number of benzene rings is 1. The fraction of sp³-hybridized carbons (Fsp3) is 0.529. The summed E-state index contributed by atoms with van der Waals surface area (Å²) in [6, 6.07) is 5.73. The summed E-state index contributed by atoms with van der Waals surface area (Å²) in [5.74, 6) is 0.320. The lowest BCUT2D eigenvalue weighted by molar-refractivity contribution is -0.118. The molecular weight excluding hydrogens is 264 g/mol. The number of aryl methyl sites for hydroxylation is 1. The van der Waals surface area contributed by atoms with Gasteiger partial charge in [0, 0.05) is 30.6 Å². The predicted molar refractivity (Wildman–Crippen MR) is 84.6 cm³/mol. The number of nitrogens with two attached hydrogens (primary N) is 1. The van der Waals surface area contributed by atoms with E-state index in [-0.39, 0.29) is 11.7 Å². The van der Waals surface area contributed by atoms with E-state index in [4.69, 9.17) is 5.73 Å². The molecule has 4 nitrogen and oxygen atoms in total. The molecular formula is C17H24N2O2. The van der Waals surface area contributed by atoms with Crippen LogP contribution >= 0.6 is 0 Å². The van der Waals surface area contributed by atoms with Gasteiger partial charge in [-0.3, -0.25) is 9.59 Å². The fourth-order valence-corrected chi connectivity index (χ4v) is 2.79. The summed E-state index contributed by atoms with van der Waals surface area (Å²) in [6.45, 7) is 3.34. The summed E-state index contributed by atoms with van der Waals surface area (Å²) in [5, 5.41) is 0. The van der Waals surface area contributed by atoms with Crippen LogP contribution in [-0.2, 0) is 11.2 Å². The van der Waals surface area contributed by atoms with Gasteiger partial charge in [0.05, 0.1) is 0 Å². The first kappa shape index (κ1) is 15.7. The van der Waals surface area contributed by atoms with Gasteiger partial charge in [-0.15, -0.1) is 0 Å². The summed E-state index contributed by atoms with van der Waals surface area (Å²) >= 11 is 0. The Bertz CT molecular complexity index is 526. The number of rotatable bonds is 6. The number of fused-ring (bicyclic) bond motifs is 1. The minimum atomic E-state index is 0.139. The Balaban J connectivity index is 2.20. The number of hydrogen-bond donors (Lipinski definition) is 1. The molecule has 0 spiro atoms. The van der Waals surface area contributed by atoms with Crippen molar-refractivity contribution < 1.29 is 9.59 Å². The number of carbonyl (C=O) groups excluding carboxylic acids is 2. The molecule has 0 aromatic heterocycles. The highest BCUT2D eigenvalue weighted by atomic mass is 16.2. The molecule has 0 saturated carbocycles. The van der Waals surface area contributed by atoms with E-state index in [2.05, 4.69) is 0 Å². The second-order valence-corrected chi connectivity index (χ2v) is 5.56. The minimum absolute atomic E-state index is 0.139. The van der Waals surface area contributed by atoms with Crippen LogP contribution < -0.4 is 10.6 Å². The van der Waals surface area contributed by atoms with Gasteiger partial charge in [-0.25, -0.2) is 0 Å². The van der Waals surface area contributed by atoms with Gasteiger partial charge in [0.25, 0.3) is 0 Å². The maximum atomic E-state index is 12.2. The summed E-state index contributed by atoms with van der Waals surface area (Å²) in [7, 11) is 0. The largest absolute Gasteiger partial charge is 0.330 e. The van der Waals surface area contributed by atoms with Crippen LogP contribution in [0.25, 0.3) is 0 Å². The summed E-state index contributed by atoms with van der Waals surface area (Å²) in [6.07, 6.45) is 4.55. The van der Waals surface area contributed by atoms with E-state index in [9.17, 15) is 9.59 Å². The van der Waals surface area contributed by atoms with E-state index in [1.807, 2.05) is 30.0 Å². The smallest absolute Gasteiger partial charge is 0.226 e. The molecule has 2 rings (SSSR count). The molecule has 4 heteroatoms. The van der Waals surface area contributed by atoms with E-state index >= 15 is 0 Å². The molecule has 1 aromatic rings. The number of carbonyl (C=O) groups is 2. The zero-order chi connectivity index (χ0) is 15.2. The van der Waals surface area contributed by atoms with Crippen molar-refractivity contribution in [3.05, 3.63) is 29.3 Å². The Morgan fingerprint density at radius 2 is 2.10 bits per heavy atom. The van der Waals surface area contributed by atoms with Gasteiger partial charge >= 0.3 is 0 Å². The molecule has 1 aliphatic rings. The maximum absolute atomic E-state index is 12.2. The molecule has 0 atom stereocenters. The van der Waals surface area contributed by atoms with Crippen molar-refractivity contribution in [3.8, 4) is 0 Å². The van der Waals surface area contributed by atoms with Crippen molar-refractivity contribution in [2.75, 3.05) is 18.0 Å². The Morgan fingerprint density at radius 1 is 1.29 bits per heavy atom. The lowest BCUT2D eigenvalue weighted by Gasteiger charge is -2.30. The number of hydrogen-bond acceptors (Lipinski definition) is 3. The molecule has 0 unspecified atom stereocenters. The lowest BCUT2D eigenvalue weighted by atomic mass is 9.96. The summed E-state index contributed by atoms with van der Waals surface area (Å²) < 4.78 is 0. The molecule has 1 heterocycles. The molecule has 1 amide bonds. The van der Waals surface area contributed by atoms with Gasteiger partial charge in [-0.2, -0.15) is 0 Å². The lowest BCUT2D eigenvalue weighted by Crippen LogP contribution is -2.35. The molecule has 0 bridgehead atoms. The van der Waals surface area contributed by atoms with Crippen molar-refractivity contribution in [1.82, 2.24) is 0 Å². The van der Waals surface area contributed by atoms with Crippen LogP contribution in [-0.4, -0.2) is 24.8 Å². The zero-order valence-electron chi connectivity index (χ0n) is 12.7. The van der Waals surface area contributed by atoms with Crippen LogP contribution in [0.3, 0.4) is 0 Å². The first-order valence-corrected chi connectivity index (χ1v) is 7.84. The molecule has 0 radical (unpaired) electrons. The number of amides is 1. The highest BCUT2D eigenvalue weighted by Gasteiger charge is 2.22. The predicted octanol–water partition coefficient (Wildman–Crippen LogP) is 2.69. The van der Waals surface area contributed by atoms with Crippen molar-refractivity contribution in [3.63, 3.8) is 0 Å². The third kappa shape index (κ3) is 3.70. The monoisotopic (exact) mass is 288 g/mol. The van der Waals surface area contributed by atoms with Crippen LogP contribution in [0, 0.1) is 0 Å². The SMILES string of the molecule is CCCC(=O)N1CCCc2cc(C(=O)CCCN)ccc21. The van der Waals surface area contributed by atoms with Crippen LogP contribution in [0.5, 0.6) is 0 Å². The molecule has 1 aromatic carbocycles. The van der Waals surface area contributed by atoms with Crippen molar-refractivity contribution in [1.29, 1.82) is 0 Å². The van der Waals surface area contributed by atoms with Gasteiger partial charge in [0.2, 0.25) is 5.91 Å². The number of Topliss-reactive ketones (excluding diaryl/α,β-unsaturated/α-hetero) is 1. The quantitative estimate of drug-likeness (QED) is 0.819. The molecule has 21 heavy (non-hydrogen) atoms. The minimum Gasteiger partial charge on any atom is -0.330 e. The average Bonchev–Trinajstić information content (AvgIpc) is 2.51. The second-order valence-electron chi connectivity index (χ2n) is 5.56. The first-order valence-electron chi connectivity index (χ1n) is 7.84. The van der Waals surface area contributed by atoms with Crippen molar-refractivity contribution >= 4 is 17.4 Å². The van der Waals surface area contributed by atoms with Crippen LogP contribution in [0.15, 0.2) is 18.2 Å². The summed E-state index contributed by atoms with van der Waals surface area (Å²) in [4.78, 5) is 26.1. The Kier molecular flexibility index (Phi) is 5.51. The van der Waals surface area contributed by atoms with Crippen molar-refractivity contribution in [2.45, 2.75) is 45.4 Å². The van der Waals surface area contributed by atoms with Crippen LogP contribution in [0.2, 0.25) is 0 Å². The highest BCUT2D eigenvalue weighted by Crippen LogP contribution is 2.29. The fourth-order valence-electron chi connectivity index (χ4n) is 2.79. The normalized spacial score (nSPS) is 13.9. The van der Waals surface area contributed by atoms with Gasteiger partial charge in [0.1, 0.15) is 0 Å². The van der Waals surface area contributed by atoms with Gasteiger partial charge in [0.15, 0.2) is 5.78 Å². The zero-order valence-corrected chi connectivity index (χ0v) is 12.7. The van der Waals surface area contributed by atoms with E-state index in [0.29, 0.717) is 19.4 Å². The van der Waals surface area contributed by atoms with E-state index in [1.165, 1.54) is 0 Å². The standard InChI is InChI=1S/C17H24N2O2/c1-2-5-17(21)19-11-4-6-13-12-14(8-9-15(13)19)16(20)7-3-10-18/h8-9,12H,2-7,10-11,18H2,1H3. The highest BCUT2D eigenvalue weighted by molar-refractivity contribution is 5.98. The average molecular weight is 288 g/mol. The summed E-state index contributed by atoms with van der Waals surface area (Å²) in [5.41, 5.74) is 8.29. The second kappa shape index (κ2) is 7.36. The van der Waals surface area contributed by atoms with Gasteiger partial charge in [-0.1, -0.05) is 6.92 Å². The van der Waals surface area contributed by atoms with Crippen molar-refractivity contribution in [2.24, 2.45) is 5.73 Å². The van der Waals surface area contributed by atoms with Crippen LogP contribution in [0.4, 0.5) is 5.69 Å². The molecule has 2 N–H and O–H groups in total. The number of ketones is 1. The Hall–Kier alpha value is -1.68. The first-order chi connectivity index (χ1) is 10.2. The Labute approximate surface area is 126 Å². The van der Waals surface area contributed by atoms with E-state index in [0.717, 1.165) is 49.0 Å². The molecule has 1 aliphatic heterocycles. The van der Waals surface area contributed by atoms with Gasteiger partial charge < -0.3 is 10.6 Å². The van der Waals surface area contributed by atoms with Gasteiger partial charge in [-0.05, 0) is 56.0 Å². The van der Waals surface area contributed by atoms with Crippen LogP contribution in [0.1, 0.15) is 54.9 Å². The van der Waals surface area contributed by atoms with E-state index < -0.39 is 0 Å². The number of anilines is 1. The molecule has 114 valence electrons. The number of nitrogens with zero attached hydrogens (tertiary/aromatic N) is 1.